The van der Waals surface area contributed by atoms with Crippen LogP contribution in [0.1, 0.15) is 5.56 Å². The lowest BCUT2D eigenvalue weighted by Crippen LogP contribution is -2.31. The zero-order chi connectivity index (χ0) is 20.6. The third kappa shape index (κ3) is 6.14. The van der Waals surface area contributed by atoms with E-state index in [1.54, 1.807) is 6.07 Å². The molecule has 0 aliphatic carbocycles. The topological polar surface area (TPSA) is 100 Å². The molecule has 2 aromatic rings. The summed E-state index contributed by atoms with van der Waals surface area (Å²) in [5.74, 6) is 0.623. The average molecular weight is 409 g/mol. The maximum atomic E-state index is 12.3. The van der Waals surface area contributed by atoms with E-state index in [9.17, 15) is 13.2 Å². The summed E-state index contributed by atoms with van der Waals surface area (Å²) in [5.41, 5.74) is 1.05. The van der Waals surface area contributed by atoms with Gasteiger partial charge in [0, 0.05) is 6.07 Å². The van der Waals surface area contributed by atoms with Gasteiger partial charge in [-0.2, -0.15) is 4.72 Å². The normalized spacial score (nSPS) is 11.0. The van der Waals surface area contributed by atoms with Gasteiger partial charge in [-0.1, -0.05) is 12.1 Å². The third-order valence-corrected chi connectivity index (χ3v) is 5.08. The predicted molar refractivity (Wildman–Crippen MR) is 102 cm³/mol. The molecule has 0 saturated heterocycles. The van der Waals surface area contributed by atoms with Crippen molar-refractivity contribution in [1.29, 1.82) is 0 Å². The number of carbonyl (C=O) groups is 1. The van der Waals surface area contributed by atoms with Crippen molar-refractivity contribution in [2.75, 3.05) is 34.0 Å². The molecule has 0 unspecified atom stereocenters. The molecule has 0 amide bonds. The first-order valence-corrected chi connectivity index (χ1v) is 9.91. The molecule has 0 saturated carbocycles. The minimum absolute atomic E-state index is 0.00482. The second-order valence-corrected chi connectivity index (χ2v) is 7.49. The fraction of sp³-hybridized carbons (Fsp3) is 0.316. The Labute approximate surface area is 164 Å². The van der Waals surface area contributed by atoms with Gasteiger partial charge in [0.1, 0.15) is 25.5 Å². The van der Waals surface area contributed by atoms with Crippen LogP contribution in [0.15, 0.2) is 47.4 Å². The highest BCUT2D eigenvalue weighted by Crippen LogP contribution is 2.29. The van der Waals surface area contributed by atoms with Gasteiger partial charge in [0.15, 0.2) is 11.5 Å². The van der Waals surface area contributed by atoms with Crippen LogP contribution in [0.2, 0.25) is 0 Å². The standard InChI is InChI=1S/C19H23NO7S/c1-14-5-4-6-15(11-14)26-9-10-27-19(21)13-20-28(22,23)16-7-8-17(24-2)18(12-16)25-3/h4-8,11-12,20H,9-10,13H2,1-3H3. The Hall–Kier alpha value is -2.78. The van der Waals surface area contributed by atoms with Crippen LogP contribution >= 0.6 is 0 Å². The van der Waals surface area contributed by atoms with Crippen molar-refractivity contribution in [3.63, 3.8) is 0 Å². The van der Waals surface area contributed by atoms with Crippen LogP contribution in [-0.4, -0.2) is 48.4 Å². The molecule has 9 heteroatoms. The highest BCUT2D eigenvalue weighted by atomic mass is 32.2. The predicted octanol–water partition coefficient (Wildman–Crippen LogP) is 1.91. The van der Waals surface area contributed by atoms with E-state index >= 15 is 0 Å². The van der Waals surface area contributed by atoms with Gasteiger partial charge >= 0.3 is 5.97 Å². The Bertz CT molecular complexity index is 912. The smallest absolute Gasteiger partial charge is 0.321 e. The number of sulfonamides is 1. The van der Waals surface area contributed by atoms with Crippen molar-refractivity contribution in [3.8, 4) is 17.2 Å². The number of hydrogen-bond acceptors (Lipinski definition) is 7. The number of aryl methyl sites for hydroxylation is 1. The maximum Gasteiger partial charge on any atom is 0.321 e. The van der Waals surface area contributed by atoms with Crippen LogP contribution < -0.4 is 18.9 Å². The van der Waals surface area contributed by atoms with Gasteiger partial charge in [-0.25, -0.2) is 8.42 Å². The molecular formula is C19H23NO7S. The number of ether oxygens (including phenoxy) is 4. The molecular weight excluding hydrogens is 386 g/mol. The van der Waals surface area contributed by atoms with Crippen LogP contribution in [0.5, 0.6) is 17.2 Å². The van der Waals surface area contributed by atoms with Crippen molar-refractivity contribution < 1.29 is 32.2 Å². The fourth-order valence-corrected chi connectivity index (χ4v) is 3.28. The molecule has 0 radical (unpaired) electrons. The van der Waals surface area contributed by atoms with E-state index in [2.05, 4.69) is 4.72 Å². The summed E-state index contributed by atoms with van der Waals surface area (Å²) in [6.07, 6.45) is 0. The molecule has 0 heterocycles. The number of nitrogens with one attached hydrogen (secondary N) is 1. The van der Waals surface area contributed by atoms with Gasteiger partial charge in [-0.05, 0) is 36.8 Å². The monoisotopic (exact) mass is 409 g/mol. The molecule has 8 nitrogen and oxygen atoms in total. The molecule has 1 N–H and O–H groups in total. The highest BCUT2D eigenvalue weighted by molar-refractivity contribution is 7.89. The molecule has 2 rings (SSSR count). The molecule has 0 spiro atoms. The lowest BCUT2D eigenvalue weighted by Gasteiger charge is -2.11. The van der Waals surface area contributed by atoms with E-state index in [4.69, 9.17) is 18.9 Å². The van der Waals surface area contributed by atoms with Crippen molar-refractivity contribution >= 4 is 16.0 Å². The Kier molecular flexibility index (Phi) is 7.65. The molecule has 0 aliphatic rings. The van der Waals surface area contributed by atoms with E-state index in [-0.39, 0.29) is 23.9 Å². The number of esters is 1. The van der Waals surface area contributed by atoms with E-state index in [1.165, 1.54) is 32.4 Å². The summed E-state index contributed by atoms with van der Waals surface area (Å²) in [4.78, 5) is 11.7. The minimum atomic E-state index is -3.91. The van der Waals surface area contributed by atoms with Crippen molar-refractivity contribution in [1.82, 2.24) is 4.72 Å². The second kappa shape index (κ2) is 9.95. The van der Waals surface area contributed by atoms with Gasteiger partial charge in [0.05, 0.1) is 19.1 Å². The molecule has 152 valence electrons. The quantitative estimate of drug-likeness (QED) is 0.473. The average Bonchev–Trinajstić information content (AvgIpc) is 2.69. The van der Waals surface area contributed by atoms with Gasteiger partial charge in [0.2, 0.25) is 10.0 Å². The molecule has 28 heavy (non-hydrogen) atoms. The number of methoxy groups -OCH3 is 2. The van der Waals surface area contributed by atoms with Crippen molar-refractivity contribution in [2.24, 2.45) is 0 Å². The van der Waals surface area contributed by atoms with Gasteiger partial charge in [0.25, 0.3) is 0 Å². The largest absolute Gasteiger partial charge is 0.493 e. The molecule has 0 bridgehead atoms. The lowest BCUT2D eigenvalue weighted by molar-refractivity contribution is -0.142. The zero-order valence-corrected chi connectivity index (χ0v) is 16.7. The Morgan fingerprint density at radius 3 is 2.43 bits per heavy atom. The van der Waals surface area contributed by atoms with Crippen LogP contribution in [0.25, 0.3) is 0 Å². The van der Waals surface area contributed by atoms with E-state index in [1.807, 2.05) is 25.1 Å². The first kappa shape index (κ1) is 21.5. The SMILES string of the molecule is COc1ccc(S(=O)(=O)NCC(=O)OCCOc2cccc(C)c2)cc1OC. The lowest BCUT2D eigenvalue weighted by atomic mass is 10.2. The van der Waals surface area contributed by atoms with Crippen LogP contribution in [0, 0.1) is 6.92 Å². The van der Waals surface area contributed by atoms with Gasteiger partial charge in [-0.15, -0.1) is 0 Å². The van der Waals surface area contributed by atoms with Gasteiger partial charge in [-0.3, -0.25) is 4.79 Å². The van der Waals surface area contributed by atoms with Gasteiger partial charge < -0.3 is 18.9 Å². The van der Waals surface area contributed by atoms with Crippen LogP contribution in [0.4, 0.5) is 0 Å². The highest BCUT2D eigenvalue weighted by Gasteiger charge is 2.18. The molecule has 0 aromatic heterocycles. The fourth-order valence-electron chi connectivity index (χ4n) is 2.29. The summed E-state index contributed by atoms with van der Waals surface area (Å²) >= 11 is 0. The second-order valence-electron chi connectivity index (χ2n) is 5.73. The zero-order valence-electron chi connectivity index (χ0n) is 15.9. The van der Waals surface area contributed by atoms with Crippen LogP contribution in [0.3, 0.4) is 0 Å². The molecule has 0 aliphatic heterocycles. The summed E-state index contributed by atoms with van der Waals surface area (Å²) in [5, 5.41) is 0. The minimum Gasteiger partial charge on any atom is -0.493 e. The third-order valence-electron chi connectivity index (χ3n) is 3.68. The maximum absolute atomic E-state index is 12.3. The summed E-state index contributed by atoms with van der Waals surface area (Å²) in [6.45, 7) is 1.61. The van der Waals surface area contributed by atoms with E-state index in [0.29, 0.717) is 11.5 Å². The number of benzene rings is 2. The van der Waals surface area contributed by atoms with E-state index in [0.717, 1.165) is 5.56 Å². The molecule has 2 aromatic carbocycles. The first-order valence-electron chi connectivity index (χ1n) is 8.42. The summed E-state index contributed by atoms with van der Waals surface area (Å²) in [7, 11) is -1.06. The number of hydrogen-bond donors (Lipinski definition) is 1. The molecule has 0 atom stereocenters. The summed E-state index contributed by atoms with van der Waals surface area (Å²) in [6, 6.07) is 11.6. The number of carbonyl (C=O) groups excluding carboxylic acids is 1. The van der Waals surface area contributed by atoms with Crippen molar-refractivity contribution in [3.05, 3.63) is 48.0 Å². The summed E-state index contributed by atoms with van der Waals surface area (Å²) < 4.78 is 47.4. The Balaban J connectivity index is 1.81. The first-order chi connectivity index (χ1) is 13.4. The van der Waals surface area contributed by atoms with E-state index < -0.39 is 22.5 Å². The molecule has 0 fully saturated rings. The van der Waals surface area contributed by atoms with Crippen molar-refractivity contribution in [2.45, 2.75) is 11.8 Å². The Morgan fingerprint density at radius 2 is 1.75 bits per heavy atom. The number of rotatable bonds is 10. The Morgan fingerprint density at radius 1 is 1.00 bits per heavy atom. The van der Waals surface area contributed by atoms with Crippen LogP contribution in [-0.2, 0) is 19.6 Å².